The Labute approximate surface area is 159 Å². The minimum Gasteiger partial charge on any atom is -0.465 e. The SMILES string of the molecule is COC(=O)c1ccc(C)c(S(=O)(=O)N[C@H](C)c2ccc(S(C)(=O)=O)cc2)c1. The lowest BCUT2D eigenvalue weighted by molar-refractivity contribution is 0.0600. The number of ether oxygens (including phenoxy) is 1. The standard InChI is InChI=1S/C18H21NO6S2/c1-12-5-6-15(18(20)25-3)11-17(12)27(23,24)19-13(2)14-7-9-16(10-8-14)26(4,21)22/h5-11,13,19H,1-4H3/t13-/m1/s1. The number of carbonyl (C=O) groups is 1. The molecule has 0 aliphatic carbocycles. The van der Waals surface area contributed by atoms with E-state index in [1.807, 2.05) is 0 Å². The van der Waals surface area contributed by atoms with Gasteiger partial charge in [0.1, 0.15) is 0 Å². The molecule has 0 aromatic heterocycles. The monoisotopic (exact) mass is 411 g/mol. The summed E-state index contributed by atoms with van der Waals surface area (Å²) in [5.74, 6) is -0.629. The fourth-order valence-corrected chi connectivity index (χ4v) is 4.64. The van der Waals surface area contributed by atoms with Gasteiger partial charge in [-0.2, -0.15) is 0 Å². The van der Waals surface area contributed by atoms with Gasteiger partial charge in [0.25, 0.3) is 0 Å². The van der Waals surface area contributed by atoms with Crippen molar-refractivity contribution in [2.75, 3.05) is 13.4 Å². The molecule has 7 nitrogen and oxygen atoms in total. The van der Waals surface area contributed by atoms with Gasteiger partial charge in [0.2, 0.25) is 10.0 Å². The lowest BCUT2D eigenvalue weighted by atomic mass is 10.1. The van der Waals surface area contributed by atoms with Crippen LogP contribution in [0, 0.1) is 6.92 Å². The molecule has 1 atom stereocenters. The lowest BCUT2D eigenvalue weighted by Gasteiger charge is -2.16. The van der Waals surface area contributed by atoms with Crippen LogP contribution in [-0.4, -0.2) is 36.2 Å². The number of sulfonamides is 1. The summed E-state index contributed by atoms with van der Waals surface area (Å²) in [4.78, 5) is 11.8. The van der Waals surface area contributed by atoms with Crippen molar-refractivity contribution in [1.29, 1.82) is 0 Å². The van der Waals surface area contributed by atoms with Crippen molar-refractivity contribution in [1.82, 2.24) is 4.72 Å². The molecule has 0 radical (unpaired) electrons. The fraction of sp³-hybridized carbons (Fsp3) is 0.278. The van der Waals surface area contributed by atoms with Crippen LogP contribution in [-0.2, 0) is 24.6 Å². The van der Waals surface area contributed by atoms with Crippen LogP contribution in [0.15, 0.2) is 52.3 Å². The third-order valence-electron chi connectivity index (χ3n) is 4.04. The molecule has 0 saturated heterocycles. The number of hydrogen-bond donors (Lipinski definition) is 1. The molecule has 1 N–H and O–H groups in total. The lowest BCUT2D eigenvalue weighted by Crippen LogP contribution is -2.27. The average molecular weight is 412 g/mol. The molecular weight excluding hydrogens is 390 g/mol. The van der Waals surface area contributed by atoms with E-state index in [0.717, 1.165) is 6.26 Å². The Hall–Kier alpha value is -2.23. The Kier molecular flexibility index (Phi) is 6.08. The number of benzene rings is 2. The first-order chi connectivity index (χ1) is 12.5. The molecule has 0 amide bonds. The minimum absolute atomic E-state index is 0.0231. The smallest absolute Gasteiger partial charge is 0.337 e. The Morgan fingerprint density at radius 1 is 1.04 bits per heavy atom. The van der Waals surface area contributed by atoms with Gasteiger partial charge < -0.3 is 4.74 Å². The Balaban J connectivity index is 2.32. The summed E-state index contributed by atoms with van der Waals surface area (Å²) in [6.07, 6.45) is 1.10. The largest absolute Gasteiger partial charge is 0.465 e. The molecule has 2 aromatic rings. The number of rotatable bonds is 6. The quantitative estimate of drug-likeness (QED) is 0.731. The zero-order valence-corrected chi connectivity index (χ0v) is 17.0. The summed E-state index contributed by atoms with van der Waals surface area (Å²) in [7, 11) is -6.02. The summed E-state index contributed by atoms with van der Waals surface area (Å²) in [6, 6.07) is 9.66. The topological polar surface area (TPSA) is 107 Å². The van der Waals surface area contributed by atoms with Crippen molar-refractivity contribution in [2.24, 2.45) is 0 Å². The molecule has 0 heterocycles. The van der Waals surface area contributed by atoms with Crippen LogP contribution in [0.5, 0.6) is 0 Å². The number of aryl methyl sites for hydroxylation is 1. The van der Waals surface area contributed by atoms with Crippen LogP contribution < -0.4 is 4.72 Å². The second kappa shape index (κ2) is 7.79. The van der Waals surface area contributed by atoms with Gasteiger partial charge in [-0.05, 0) is 49.2 Å². The van der Waals surface area contributed by atoms with Crippen molar-refractivity contribution in [3.8, 4) is 0 Å². The van der Waals surface area contributed by atoms with Crippen molar-refractivity contribution in [3.63, 3.8) is 0 Å². The maximum atomic E-state index is 12.8. The highest BCUT2D eigenvalue weighted by molar-refractivity contribution is 7.90. The maximum absolute atomic E-state index is 12.8. The third kappa shape index (κ3) is 4.94. The molecule has 0 saturated carbocycles. The summed E-state index contributed by atoms with van der Waals surface area (Å²) in [5.41, 5.74) is 1.22. The highest BCUT2D eigenvalue weighted by atomic mass is 32.2. The minimum atomic E-state index is -3.92. The van der Waals surface area contributed by atoms with E-state index in [-0.39, 0.29) is 15.4 Å². The van der Waals surface area contributed by atoms with Crippen molar-refractivity contribution < 1.29 is 26.4 Å². The van der Waals surface area contributed by atoms with E-state index in [0.29, 0.717) is 11.1 Å². The van der Waals surface area contributed by atoms with Gasteiger partial charge in [0, 0.05) is 12.3 Å². The first kappa shape index (κ1) is 21.1. The second-order valence-electron chi connectivity index (χ2n) is 6.16. The molecule has 0 unspecified atom stereocenters. The number of sulfone groups is 1. The average Bonchev–Trinajstić information content (AvgIpc) is 2.60. The molecule has 9 heteroatoms. The van der Waals surface area contributed by atoms with E-state index >= 15 is 0 Å². The number of nitrogens with one attached hydrogen (secondary N) is 1. The molecule has 0 fully saturated rings. The Morgan fingerprint density at radius 2 is 1.63 bits per heavy atom. The molecule has 146 valence electrons. The second-order valence-corrected chi connectivity index (χ2v) is 9.85. The highest BCUT2D eigenvalue weighted by Gasteiger charge is 2.22. The van der Waals surface area contributed by atoms with E-state index in [1.54, 1.807) is 26.0 Å². The Morgan fingerprint density at radius 3 is 2.15 bits per heavy atom. The van der Waals surface area contributed by atoms with Crippen LogP contribution in [0.2, 0.25) is 0 Å². The molecule has 2 aromatic carbocycles. The molecule has 2 rings (SSSR count). The molecule has 0 spiro atoms. The van der Waals surface area contributed by atoms with Crippen molar-refractivity contribution in [2.45, 2.75) is 29.7 Å². The molecule has 27 heavy (non-hydrogen) atoms. The van der Waals surface area contributed by atoms with E-state index < -0.39 is 31.9 Å². The normalized spacial score (nSPS) is 13.2. The van der Waals surface area contributed by atoms with Gasteiger partial charge in [-0.1, -0.05) is 18.2 Å². The first-order valence-electron chi connectivity index (χ1n) is 7.97. The maximum Gasteiger partial charge on any atom is 0.337 e. The molecule has 0 bridgehead atoms. The third-order valence-corrected chi connectivity index (χ3v) is 6.85. The van der Waals surface area contributed by atoms with Crippen LogP contribution >= 0.6 is 0 Å². The molecular formula is C18H21NO6S2. The molecule has 0 aliphatic heterocycles. The van der Waals surface area contributed by atoms with Gasteiger partial charge in [-0.25, -0.2) is 26.4 Å². The number of hydrogen-bond acceptors (Lipinski definition) is 6. The van der Waals surface area contributed by atoms with Gasteiger partial charge in [0.15, 0.2) is 9.84 Å². The summed E-state index contributed by atoms with van der Waals surface area (Å²) >= 11 is 0. The predicted octanol–water partition coefficient (Wildman–Crippen LogP) is 2.22. The van der Waals surface area contributed by atoms with E-state index in [2.05, 4.69) is 9.46 Å². The zero-order valence-electron chi connectivity index (χ0n) is 15.4. The van der Waals surface area contributed by atoms with Gasteiger partial charge >= 0.3 is 5.97 Å². The van der Waals surface area contributed by atoms with Crippen molar-refractivity contribution >= 4 is 25.8 Å². The summed E-state index contributed by atoms with van der Waals surface area (Å²) in [5, 5.41) is 0. The summed E-state index contributed by atoms with van der Waals surface area (Å²) in [6.45, 7) is 3.27. The van der Waals surface area contributed by atoms with E-state index in [4.69, 9.17) is 0 Å². The first-order valence-corrected chi connectivity index (χ1v) is 11.3. The van der Waals surface area contributed by atoms with Crippen LogP contribution in [0.4, 0.5) is 0 Å². The predicted molar refractivity (Wildman–Crippen MR) is 101 cm³/mol. The number of carbonyl (C=O) groups excluding carboxylic acids is 1. The highest BCUT2D eigenvalue weighted by Crippen LogP contribution is 2.22. The zero-order chi connectivity index (χ0) is 20.4. The molecule has 0 aliphatic rings. The van der Waals surface area contributed by atoms with Gasteiger partial charge in [-0.3, -0.25) is 0 Å². The summed E-state index contributed by atoms with van der Waals surface area (Å²) < 4.78 is 55.8. The van der Waals surface area contributed by atoms with Crippen molar-refractivity contribution in [3.05, 3.63) is 59.2 Å². The number of methoxy groups -OCH3 is 1. The van der Waals surface area contributed by atoms with Crippen LogP contribution in [0.1, 0.15) is 34.5 Å². The Bertz CT molecular complexity index is 1060. The van der Waals surface area contributed by atoms with E-state index in [1.165, 1.54) is 37.4 Å². The van der Waals surface area contributed by atoms with Gasteiger partial charge in [0.05, 0.1) is 22.5 Å². The number of esters is 1. The fourth-order valence-electron chi connectivity index (χ4n) is 2.50. The van der Waals surface area contributed by atoms with Gasteiger partial charge in [-0.15, -0.1) is 0 Å². The van der Waals surface area contributed by atoms with Crippen LogP contribution in [0.25, 0.3) is 0 Å². The van der Waals surface area contributed by atoms with E-state index in [9.17, 15) is 21.6 Å². The van der Waals surface area contributed by atoms with Crippen LogP contribution in [0.3, 0.4) is 0 Å².